The van der Waals surface area contributed by atoms with E-state index in [-0.39, 0.29) is 18.5 Å². The molecule has 1 heterocycles. The summed E-state index contributed by atoms with van der Waals surface area (Å²) in [6, 6.07) is 6.16. The highest BCUT2D eigenvalue weighted by molar-refractivity contribution is 7.90. The van der Waals surface area contributed by atoms with Crippen molar-refractivity contribution in [3.63, 3.8) is 0 Å². The summed E-state index contributed by atoms with van der Waals surface area (Å²) >= 11 is 0. The van der Waals surface area contributed by atoms with E-state index < -0.39 is 21.2 Å². The fourth-order valence-corrected chi connectivity index (χ4v) is 5.45. The Labute approximate surface area is 154 Å². The number of nitrogens with two attached hydrogens (primary N) is 1. The van der Waals surface area contributed by atoms with Crippen molar-refractivity contribution in [1.82, 2.24) is 9.62 Å². The second kappa shape index (κ2) is 7.75. The highest BCUT2D eigenvalue weighted by Gasteiger charge is 2.34. The van der Waals surface area contributed by atoms with Crippen LogP contribution in [0.2, 0.25) is 0 Å². The fourth-order valence-electron chi connectivity index (χ4n) is 3.71. The van der Waals surface area contributed by atoms with Gasteiger partial charge in [0.15, 0.2) is 0 Å². The van der Waals surface area contributed by atoms with Gasteiger partial charge < -0.3 is 10.6 Å². The summed E-state index contributed by atoms with van der Waals surface area (Å²) in [7, 11) is -3.44. The minimum absolute atomic E-state index is 0.0347. The van der Waals surface area contributed by atoms with Gasteiger partial charge >= 0.3 is 0 Å². The number of hydrogen-bond donors (Lipinski definition) is 2. The Morgan fingerprint density at radius 3 is 2.23 bits per heavy atom. The maximum Gasteiger partial charge on any atom is 0.253 e. The van der Waals surface area contributed by atoms with Crippen molar-refractivity contribution in [3.05, 3.63) is 35.4 Å². The van der Waals surface area contributed by atoms with Crippen molar-refractivity contribution in [2.24, 2.45) is 5.73 Å². The Bertz CT molecular complexity index is 770. The average Bonchev–Trinajstić information content (AvgIpc) is 3.13. The molecular formula is C18H25N3O4S. The fraction of sp³-hybridized carbons (Fsp3) is 0.556. The summed E-state index contributed by atoms with van der Waals surface area (Å²) in [6.07, 6.45) is 5.11. The molecule has 1 aromatic rings. The average molecular weight is 379 g/mol. The Morgan fingerprint density at radius 2 is 1.62 bits per heavy atom. The maximum absolute atomic E-state index is 12.7. The smallest absolute Gasteiger partial charge is 0.253 e. The van der Waals surface area contributed by atoms with Crippen LogP contribution in [0.25, 0.3) is 0 Å². The normalized spacial score (nSPS) is 21.7. The largest absolute Gasteiger partial charge is 0.366 e. The topological polar surface area (TPSA) is 110 Å². The number of piperidine rings is 1. The monoisotopic (exact) mass is 379 g/mol. The van der Waals surface area contributed by atoms with E-state index in [9.17, 15) is 18.0 Å². The van der Waals surface area contributed by atoms with E-state index in [0.717, 1.165) is 25.7 Å². The molecule has 0 bridgehead atoms. The molecule has 0 spiro atoms. The van der Waals surface area contributed by atoms with Gasteiger partial charge in [0.2, 0.25) is 15.9 Å². The van der Waals surface area contributed by atoms with Crippen LogP contribution in [0.3, 0.4) is 0 Å². The van der Waals surface area contributed by atoms with Crippen molar-refractivity contribution in [2.45, 2.75) is 49.8 Å². The van der Waals surface area contributed by atoms with Gasteiger partial charge in [-0.3, -0.25) is 9.59 Å². The molecule has 0 aromatic heterocycles. The lowest BCUT2D eigenvalue weighted by atomic mass is 10.1. The highest BCUT2D eigenvalue weighted by Crippen LogP contribution is 2.23. The number of primary amides is 1. The predicted octanol–water partition coefficient (Wildman–Crippen LogP) is 1.25. The first-order valence-electron chi connectivity index (χ1n) is 9.07. The summed E-state index contributed by atoms with van der Waals surface area (Å²) in [5, 5.41) is -0.578. The number of likely N-dealkylation sites (tertiary alicyclic amines) is 1. The minimum Gasteiger partial charge on any atom is -0.366 e. The van der Waals surface area contributed by atoms with Crippen LogP contribution in [0.1, 0.15) is 59.2 Å². The van der Waals surface area contributed by atoms with E-state index in [1.807, 2.05) is 0 Å². The number of rotatable bonds is 5. The van der Waals surface area contributed by atoms with Gasteiger partial charge in [-0.1, -0.05) is 12.8 Å². The third-order valence-electron chi connectivity index (χ3n) is 5.21. The Balaban J connectivity index is 1.67. The second-order valence-corrected chi connectivity index (χ2v) is 9.09. The number of carbonyl (C=O) groups excluding carboxylic acids is 2. The number of hydrogen-bond acceptors (Lipinski definition) is 4. The van der Waals surface area contributed by atoms with E-state index in [0.29, 0.717) is 30.5 Å². The standard InChI is InChI=1S/C18H25N3O4S/c19-17(22)13-7-9-14(10-8-13)18(23)21-11-3-6-16(12-21)26(24,25)20-15-4-1-2-5-15/h7-10,15-16,20H,1-6,11-12H2,(H2,19,22)/t16-/m1/s1. The molecule has 3 rings (SSSR count). The van der Waals surface area contributed by atoms with E-state index in [2.05, 4.69) is 4.72 Å². The van der Waals surface area contributed by atoms with Crippen molar-refractivity contribution in [2.75, 3.05) is 13.1 Å². The molecule has 3 N–H and O–H groups in total. The van der Waals surface area contributed by atoms with Gasteiger partial charge in [0, 0.05) is 30.3 Å². The summed E-state index contributed by atoms with van der Waals surface area (Å²) in [4.78, 5) is 25.4. The lowest BCUT2D eigenvalue weighted by Crippen LogP contribution is -2.49. The van der Waals surface area contributed by atoms with Crippen LogP contribution in [-0.2, 0) is 10.0 Å². The van der Waals surface area contributed by atoms with Crippen LogP contribution >= 0.6 is 0 Å². The number of nitrogens with one attached hydrogen (secondary N) is 1. The van der Waals surface area contributed by atoms with Gasteiger partial charge in [-0.2, -0.15) is 0 Å². The van der Waals surface area contributed by atoms with Crippen molar-refractivity contribution < 1.29 is 18.0 Å². The number of benzene rings is 1. The molecule has 2 amide bonds. The maximum atomic E-state index is 12.7. The van der Waals surface area contributed by atoms with Gasteiger partial charge in [0.25, 0.3) is 5.91 Å². The van der Waals surface area contributed by atoms with Gasteiger partial charge in [-0.15, -0.1) is 0 Å². The molecule has 142 valence electrons. The SMILES string of the molecule is NC(=O)c1ccc(C(=O)N2CCC[C@@H](S(=O)(=O)NC3CCCC3)C2)cc1. The molecule has 0 radical (unpaired) electrons. The Morgan fingerprint density at radius 1 is 1.00 bits per heavy atom. The third kappa shape index (κ3) is 4.24. The van der Waals surface area contributed by atoms with E-state index in [1.165, 1.54) is 12.1 Å². The molecule has 1 saturated carbocycles. The highest BCUT2D eigenvalue weighted by atomic mass is 32.2. The van der Waals surface area contributed by atoms with Gasteiger partial charge in [0.05, 0.1) is 5.25 Å². The Kier molecular flexibility index (Phi) is 5.62. The first-order chi connectivity index (χ1) is 12.4. The number of sulfonamides is 1. The molecule has 1 atom stereocenters. The summed E-state index contributed by atoms with van der Waals surface area (Å²) in [5.41, 5.74) is 5.97. The zero-order chi connectivity index (χ0) is 18.7. The first kappa shape index (κ1) is 18.8. The summed E-state index contributed by atoms with van der Waals surface area (Å²) in [6.45, 7) is 0.726. The Hall–Kier alpha value is -1.93. The molecule has 2 aliphatic rings. The second-order valence-electron chi connectivity index (χ2n) is 7.10. The molecule has 1 saturated heterocycles. The lowest BCUT2D eigenvalue weighted by molar-refractivity contribution is 0.0726. The van der Waals surface area contributed by atoms with Gasteiger partial charge in [-0.25, -0.2) is 13.1 Å². The van der Waals surface area contributed by atoms with Gasteiger partial charge in [-0.05, 0) is 49.9 Å². The van der Waals surface area contributed by atoms with Crippen LogP contribution < -0.4 is 10.5 Å². The number of nitrogens with zero attached hydrogens (tertiary/aromatic N) is 1. The van der Waals surface area contributed by atoms with Crippen LogP contribution in [0.4, 0.5) is 0 Å². The molecule has 1 aromatic carbocycles. The molecule has 1 aliphatic carbocycles. The number of carbonyl (C=O) groups is 2. The van der Waals surface area contributed by atoms with Crippen LogP contribution in [0.5, 0.6) is 0 Å². The van der Waals surface area contributed by atoms with Gasteiger partial charge in [0.1, 0.15) is 0 Å². The molecule has 1 aliphatic heterocycles. The van der Waals surface area contributed by atoms with Crippen molar-refractivity contribution in [3.8, 4) is 0 Å². The van der Waals surface area contributed by atoms with Crippen molar-refractivity contribution >= 4 is 21.8 Å². The zero-order valence-corrected chi connectivity index (χ0v) is 15.5. The number of amides is 2. The quantitative estimate of drug-likeness (QED) is 0.802. The first-order valence-corrected chi connectivity index (χ1v) is 10.6. The molecule has 26 heavy (non-hydrogen) atoms. The lowest BCUT2D eigenvalue weighted by Gasteiger charge is -2.33. The molecule has 0 unspecified atom stereocenters. The zero-order valence-electron chi connectivity index (χ0n) is 14.7. The molecule has 7 nitrogen and oxygen atoms in total. The minimum atomic E-state index is -3.44. The molecule has 2 fully saturated rings. The van der Waals surface area contributed by atoms with E-state index >= 15 is 0 Å². The predicted molar refractivity (Wildman–Crippen MR) is 98.2 cm³/mol. The van der Waals surface area contributed by atoms with E-state index in [4.69, 9.17) is 5.73 Å². The molecular weight excluding hydrogens is 354 g/mol. The van der Waals surface area contributed by atoms with E-state index in [1.54, 1.807) is 17.0 Å². The summed E-state index contributed by atoms with van der Waals surface area (Å²) < 4.78 is 28.2. The summed E-state index contributed by atoms with van der Waals surface area (Å²) in [5.74, 6) is -0.770. The third-order valence-corrected chi connectivity index (χ3v) is 7.13. The van der Waals surface area contributed by atoms with Crippen LogP contribution in [0.15, 0.2) is 24.3 Å². The van der Waals surface area contributed by atoms with Crippen LogP contribution in [0, 0.1) is 0 Å². The molecule has 8 heteroatoms. The van der Waals surface area contributed by atoms with Crippen LogP contribution in [-0.4, -0.2) is 49.5 Å². The van der Waals surface area contributed by atoms with Crippen molar-refractivity contribution in [1.29, 1.82) is 0 Å².